The molecule has 0 unspecified atom stereocenters. The van der Waals surface area contributed by atoms with Gasteiger partial charge in [0.2, 0.25) is 5.91 Å². The molecule has 2 aromatic carbocycles. The van der Waals surface area contributed by atoms with Crippen LogP contribution in [-0.2, 0) is 4.79 Å². The van der Waals surface area contributed by atoms with Crippen LogP contribution in [-0.4, -0.2) is 21.2 Å². The predicted octanol–water partition coefficient (Wildman–Crippen LogP) is 5.76. The van der Waals surface area contributed by atoms with Crippen LogP contribution in [0.4, 0.5) is 5.69 Å². The molecule has 4 aromatic rings. The van der Waals surface area contributed by atoms with E-state index in [4.69, 9.17) is 11.6 Å². The highest BCUT2D eigenvalue weighted by atomic mass is 35.5. The summed E-state index contributed by atoms with van der Waals surface area (Å²) in [6.07, 6.45) is 0. The van der Waals surface area contributed by atoms with Gasteiger partial charge in [0.1, 0.15) is 4.70 Å². The maximum atomic E-state index is 13.3. The Morgan fingerprint density at radius 1 is 1.19 bits per heavy atom. The predicted molar refractivity (Wildman–Crippen MR) is 130 cm³/mol. The number of aromatic nitrogens is 2. The summed E-state index contributed by atoms with van der Waals surface area (Å²) in [5, 5.41) is 5.65. The average Bonchev–Trinajstić information content (AvgIpc) is 3.20. The number of carbonyl (C=O) groups excluding carboxylic acids is 1. The van der Waals surface area contributed by atoms with Crippen LogP contribution < -0.4 is 10.9 Å². The molecule has 4 rings (SSSR count). The highest BCUT2D eigenvalue weighted by molar-refractivity contribution is 7.99. The van der Waals surface area contributed by atoms with Crippen molar-refractivity contribution >= 4 is 56.5 Å². The number of thiophene rings is 1. The Hall–Kier alpha value is -2.61. The Kier molecular flexibility index (Phi) is 6.18. The molecule has 1 N–H and O–H groups in total. The van der Waals surface area contributed by atoms with Gasteiger partial charge >= 0.3 is 0 Å². The minimum absolute atomic E-state index is 0.0944. The summed E-state index contributed by atoms with van der Waals surface area (Å²) < 4.78 is 2.21. The first-order valence-electron chi connectivity index (χ1n) is 9.61. The summed E-state index contributed by atoms with van der Waals surface area (Å²) in [4.78, 5) is 30.6. The van der Waals surface area contributed by atoms with E-state index in [0.717, 1.165) is 22.4 Å². The number of nitrogens with one attached hydrogen (secondary N) is 1. The van der Waals surface area contributed by atoms with Crippen molar-refractivity contribution in [2.24, 2.45) is 0 Å². The van der Waals surface area contributed by atoms with Crippen molar-refractivity contribution in [1.82, 2.24) is 9.55 Å². The summed E-state index contributed by atoms with van der Waals surface area (Å²) in [5.41, 5.74) is 4.95. The van der Waals surface area contributed by atoms with Gasteiger partial charge < -0.3 is 5.32 Å². The van der Waals surface area contributed by atoms with E-state index in [1.165, 1.54) is 23.1 Å². The number of hydrogen-bond acceptors (Lipinski definition) is 5. The summed E-state index contributed by atoms with van der Waals surface area (Å²) >= 11 is 8.82. The van der Waals surface area contributed by atoms with Crippen molar-refractivity contribution in [1.29, 1.82) is 0 Å². The Bertz CT molecular complexity index is 1360. The van der Waals surface area contributed by atoms with E-state index >= 15 is 0 Å². The first-order valence-corrected chi connectivity index (χ1v) is 11.8. The molecule has 8 heteroatoms. The number of rotatable bonds is 5. The number of benzene rings is 2. The van der Waals surface area contributed by atoms with Crippen LogP contribution in [0.2, 0.25) is 5.02 Å². The molecule has 0 spiro atoms. The number of thioether (sulfide) groups is 1. The average molecular weight is 470 g/mol. The number of fused-ring (bicyclic) bond motifs is 1. The fraction of sp³-hybridized carbons (Fsp3) is 0.174. The number of nitrogens with zero attached hydrogens (tertiary/aromatic N) is 2. The molecule has 0 fully saturated rings. The van der Waals surface area contributed by atoms with Gasteiger partial charge in [0, 0.05) is 0 Å². The van der Waals surface area contributed by atoms with E-state index in [0.29, 0.717) is 26.1 Å². The van der Waals surface area contributed by atoms with Crippen LogP contribution in [0.5, 0.6) is 0 Å². The Morgan fingerprint density at radius 2 is 2.00 bits per heavy atom. The lowest BCUT2D eigenvalue weighted by atomic mass is 10.1. The Morgan fingerprint density at radius 3 is 2.77 bits per heavy atom. The first kappa shape index (κ1) is 21.6. The fourth-order valence-corrected chi connectivity index (χ4v) is 5.06. The molecule has 31 heavy (non-hydrogen) atoms. The van der Waals surface area contributed by atoms with Crippen molar-refractivity contribution in [3.05, 3.63) is 79.9 Å². The smallest absolute Gasteiger partial charge is 0.276 e. The van der Waals surface area contributed by atoms with Crippen LogP contribution in [0.1, 0.15) is 16.7 Å². The SMILES string of the molecule is Cc1ccc(NC(=O)CSc2nc3ccsc3c(=O)n2-c2cccc(C)c2C)c(Cl)c1. The van der Waals surface area contributed by atoms with Crippen LogP contribution in [0.15, 0.2) is 57.8 Å². The second-order valence-corrected chi connectivity index (χ2v) is 9.47. The zero-order chi connectivity index (χ0) is 22.1. The third-order valence-electron chi connectivity index (χ3n) is 5.00. The highest BCUT2D eigenvalue weighted by Gasteiger charge is 2.17. The Balaban J connectivity index is 1.68. The Labute approximate surface area is 193 Å². The van der Waals surface area contributed by atoms with Crippen molar-refractivity contribution in [2.45, 2.75) is 25.9 Å². The fourth-order valence-electron chi connectivity index (χ4n) is 3.22. The van der Waals surface area contributed by atoms with Crippen molar-refractivity contribution in [3.8, 4) is 5.69 Å². The number of halogens is 1. The van der Waals surface area contributed by atoms with E-state index in [2.05, 4.69) is 10.3 Å². The molecule has 158 valence electrons. The second-order valence-electron chi connectivity index (χ2n) is 7.21. The largest absolute Gasteiger partial charge is 0.324 e. The molecule has 0 atom stereocenters. The monoisotopic (exact) mass is 469 g/mol. The maximum absolute atomic E-state index is 13.3. The number of hydrogen-bond donors (Lipinski definition) is 1. The van der Waals surface area contributed by atoms with Gasteiger partial charge in [-0.2, -0.15) is 0 Å². The van der Waals surface area contributed by atoms with E-state index in [1.807, 2.05) is 56.5 Å². The lowest BCUT2D eigenvalue weighted by Crippen LogP contribution is -2.23. The molecule has 1 amide bonds. The number of amides is 1. The molecule has 2 aromatic heterocycles. The third-order valence-corrected chi connectivity index (χ3v) is 7.14. The summed E-state index contributed by atoms with van der Waals surface area (Å²) in [6, 6.07) is 13.1. The molecular formula is C23H20ClN3O2S2. The molecular weight excluding hydrogens is 450 g/mol. The van der Waals surface area contributed by atoms with Crippen LogP contribution in [0.25, 0.3) is 15.9 Å². The summed E-state index contributed by atoms with van der Waals surface area (Å²) in [7, 11) is 0. The molecule has 5 nitrogen and oxygen atoms in total. The number of carbonyl (C=O) groups is 1. The van der Waals surface area contributed by atoms with Gasteiger partial charge in [-0.3, -0.25) is 14.2 Å². The van der Waals surface area contributed by atoms with Crippen LogP contribution in [0.3, 0.4) is 0 Å². The number of anilines is 1. The van der Waals surface area contributed by atoms with Gasteiger partial charge in [0.15, 0.2) is 5.16 Å². The second kappa shape index (κ2) is 8.86. The first-order chi connectivity index (χ1) is 14.8. The van der Waals surface area contributed by atoms with Gasteiger partial charge in [-0.1, -0.05) is 41.6 Å². The van der Waals surface area contributed by atoms with E-state index in [9.17, 15) is 9.59 Å². The molecule has 0 aliphatic carbocycles. The quantitative estimate of drug-likeness (QED) is 0.298. The molecule has 0 aliphatic rings. The molecule has 0 bridgehead atoms. The van der Waals surface area contributed by atoms with Gasteiger partial charge in [-0.25, -0.2) is 4.98 Å². The third kappa shape index (κ3) is 4.39. The van der Waals surface area contributed by atoms with Crippen molar-refractivity contribution in [3.63, 3.8) is 0 Å². The van der Waals surface area contributed by atoms with E-state index in [-0.39, 0.29) is 17.2 Å². The lowest BCUT2D eigenvalue weighted by Gasteiger charge is -2.15. The topological polar surface area (TPSA) is 64.0 Å². The lowest BCUT2D eigenvalue weighted by molar-refractivity contribution is -0.113. The van der Waals surface area contributed by atoms with Gasteiger partial charge in [-0.15, -0.1) is 11.3 Å². The van der Waals surface area contributed by atoms with Gasteiger partial charge in [0.05, 0.1) is 27.7 Å². The summed E-state index contributed by atoms with van der Waals surface area (Å²) in [5.74, 6) is -0.125. The normalized spacial score (nSPS) is 11.1. The maximum Gasteiger partial charge on any atom is 0.276 e. The van der Waals surface area contributed by atoms with Crippen LogP contribution in [0, 0.1) is 20.8 Å². The minimum Gasteiger partial charge on any atom is -0.324 e. The standard InChI is InChI=1S/C23H20ClN3O2S2/c1-13-7-8-17(16(24)11-13)25-20(28)12-31-23-26-18-9-10-30-21(18)22(29)27(23)19-6-4-5-14(2)15(19)3/h4-11H,12H2,1-3H3,(H,25,28). The minimum atomic E-state index is -0.220. The molecule has 0 saturated heterocycles. The molecule has 0 saturated carbocycles. The molecule has 0 radical (unpaired) electrons. The number of aryl methyl sites for hydroxylation is 2. The van der Waals surface area contributed by atoms with Crippen molar-refractivity contribution < 1.29 is 4.79 Å². The van der Waals surface area contributed by atoms with Crippen LogP contribution >= 0.6 is 34.7 Å². The van der Waals surface area contributed by atoms with Gasteiger partial charge in [0.25, 0.3) is 5.56 Å². The van der Waals surface area contributed by atoms with Crippen molar-refractivity contribution in [2.75, 3.05) is 11.1 Å². The van der Waals surface area contributed by atoms with Gasteiger partial charge in [-0.05, 0) is 67.1 Å². The zero-order valence-corrected chi connectivity index (χ0v) is 19.6. The zero-order valence-electron chi connectivity index (χ0n) is 17.2. The highest BCUT2D eigenvalue weighted by Crippen LogP contribution is 2.27. The van der Waals surface area contributed by atoms with E-state index in [1.54, 1.807) is 16.7 Å². The summed E-state index contributed by atoms with van der Waals surface area (Å²) in [6.45, 7) is 5.93. The molecule has 0 aliphatic heterocycles. The van der Waals surface area contributed by atoms with E-state index < -0.39 is 0 Å². The molecule has 2 heterocycles.